The van der Waals surface area contributed by atoms with Gasteiger partial charge < -0.3 is 14.4 Å². The highest BCUT2D eigenvalue weighted by Gasteiger charge is 2.59. The van der Waals surface area contributed by atoms with Gasteiger partial charge in [-0.1, -0.05) is 0 Å². The van der Waals surface area contributed by atoms with Gasteiger partial charge in [0.2, 0.25) is 5.91 Å². The first-order valence-corrected chi connectivity index (χ1v) is 11.0. The first-order valence-electron chi connectivity index (χ1n) is 11.0. The molecule has 1 aliphatic carbocycles. The lowest BCUT2D eigenvalue weighted by atomic mass is 9.75. The van der Waals surface area contributed by atoms with Gasteiger partial charge in [-0.2, -0.15) is 0 Å². The largest absolute Gasteiger partial charge is 0.342 e. The molecule has 3 aliphatic rings. The van der Waals surface area contributed by atoms with Gasteiger partial charge in [-0.3, -0.25) is 14.6 Å². The average Bonchev–Trinajstić information content (AvgIpc) is 3.17. The molecular formula is C23H29N5O2. The summed E-state index contributed by atoms with van der Waals surface area (Å²) in [6.45, 7) is 6.88. The highest BCUT2D eigenvalue weighted by Crippen LogP contribution is 2.50. The molecule has 4 heterocycles. The molecule has 2 aromatic heterocycles. The van der Waals surface area contributed by atoms with E-state index >= 15 is 0 Å². The molecule has 0 bridgehead atoms. The Morgan fingerprint density at radius 2 is 2.03 bits per heavy atom. The number of rotatable bonds is 5. The Hall–Kier alpha value is -2.70. The van der Waals surface area contributed by atoms with Crippen LogP contribution in [0.4, 0.5) is 0 Å². The van der Waals surface area contributed by atoms with Crippen molar-refractivity contribution in [3.05, 3.63) is 48.3 Å². The Balaban J connectivity index is 1.47. The van der Waals surface area contributed by atoms with Crippen LogP contribution in [-0.4, -0.2) is 62.3 Å². The van der Waals surface area contributed by atoms with Crippen molar-refractivity contribution in [2.24, 2.45) is 11.3 Å². The number of pyridine rings is 1. The molecule has 2 saturated heterocycles. The fourth-order valence-corrected chi connectivity index (χ4v) is 5.05. The third-order valence-electron chi connectivity index (χ3n) is 7.05. The van der Waals surface area contributed by atoms with Gasteiger partial charge >= 0.3 is 0 Å². The SMILES string of the molecule is CC(C)n1cnc(C2CN(C(=O)c3ccncc3)CC23CCN(CC2CC2)C3=O)c1. The van der Waals surface area contributed by atoms with Crippen molar-refractivity contribution >= 4 is 11.8 Å². The van der Waals surface area contributed by atoms with E-state index in [1.54, 1.807) is 24.5 Å². The van der Waals surface area contributed by atoms with E-state index in [0.29, 0.717) is 30.6 Å². The molecule has 30 heavy (non-hydrogen) atoms. The van der Waals surface area contributed by atoms with Crippen molar-refractivity contribution in [2.75, 3.05) is 26.2 Å². The fourth-order valence-electron chi connectivity index (χ4n) is 5.05. The van der Waals surface area contributed by atoms with Crippen LogP contribution in [0.2, 0.25) is 0 Å². The lowest BCUT2D eigenvalue weighted by Crippen LogP contribution is -2.41. The number of amides is 2. The molecular weight excluding hydrogens is 378 g/mol. The average molecular weight is 408 g/mol. The molecule has 2 aromatic rings. The van der Waals surface area contributed by atoms with E-state index in [1.165, 1.54) is 12.8 Å². The minimum Gasteiger partial charge on any atom is -0.342 e. The molecule has 2 amide bonds. The van der Waals surface area contributed by atoms with E-state index in [9.17, 15) is 9.59 Å². The molecule has 0 N–H and O–H groups in total. The molecule has 5 rings (SSSR count). The predicted molar refractivity (Wildman–Crippen MR) is 112 cm³/mol. The van der Waals surface area contributed by atoms with Crippen LogP contribution in [0.3, 0.4) is 0 Å². The quantitative estimate of drug-likeness (QED) is 0.764. The first kappa shape index (κ1) is 19.3. The Morgan fingerprint density at radius 1 is 1.27 bits per heavy atom. The summed E-state index contributed by atoms with van der Waals surface area (Å²) in [6, 6.07) is 3.79. The number of imidazole rings is 1. The van der Waals surface area contributed by atoms with Crippen molar-refractivity contribution in [3.63, 3.8) is 0 Å². The maximum absolute atomic E-state index is 13.7. The van der Waals surface area contributed by atoms with Gasteiger partial charge in [0.05, 0.1) is 17.4 Å². The molecule has 3 fully saturated rings. The fraction of sp³-hybridized carbons (Fsp3) is 0.565. The summed E-state index contributed by atoms with van der Waals surface area (Å²) in [6.07, 6.45) is 10.4. The Bertz CT molecular complexity index is 952. The van der Waals surface area contributed by atoms with Gasteiger partial charge in [0, 0.05) is 62.3 Å². The predicted octanol–water partition coefficient (Wildman–Crippen LogP) is 2.73. The van der Waals surface area contributed by atoms with E-state index < -0.39 is 5.41 Å². The lowest BCUT2D eigenvalue weighted by Gasteiger charge is -2.27. The summed E-state index contributed by atoms with van der Waals surface area (Å²) in [4.78, 5) is 39.5. The molecule has 1 saturated carbocycles. The summed E-state index contributed by atoms with van der Waals surface area (Å²) in [5.41, 5.74) is 0.984. The smallest absolute Gasteiger partial charge is 0.254 e. The van der Waals surface area contributed by atoms with Gasteiger partial charge in [0.25, 0.3) is 5.91 Å². The van der Waals surface area contributed by atoms with Crippen LogP contribution in [0, 0.1) is 11.3 Å². The maximum Gasteiger partial charge on any atom is 0.254 e. The molecule has 158 valence electrons. The maximum atomic E-state index is 13.7. The van der Waals surface area contributed by atoms with Crippen molar-refractivity contribution < 1.29 is 9.59 Å². The van der Waals surface area contributed by atoms with E-state index in [2.05, 4.69) is 34.6 Å². The summed E-state index contributed by atoms with van der Waals surface area (Å²) >= 11 is 0. The molecule has 0 radical (unpaired) electrons. The van der Waals surface area contributed by atoms with Crippen molar-refractivity contribution in [3.8, 4) is 0 Å². The van der Waals surface area contributed by atoms with Crippen LogP contribution in [0.25, 0.3) is 0 Å². The third-order valence-corrected chi connectivity index (χ3v) is 7.05. The molecule has 2 unspecified atom stereocenters. The zero-order valence-electron chi connectivity index (χ0n) is 17.7. The number of hydrogen-bond acceptors (Lipinski definition) is 4. The van der Waals surface area contributed by atoms with E-state index in [-0.39, 0.29) is 17.7 Å². The van der Waals surface area contributed by atoms with Crippen molar-refractivity contribution in [2.45, 2.75) is 45.1 Å². The highest BCUT2D eigenvalue weighted by atomic mass is 16.2. The van der Waals surface area contributed by atoms with Crippen molar-refractivity contribution in [1.29, 1.82) is 0 Å². The number of carbonyl (C=O) groups excluding carboxylic acids is 2. The second-order valence-electron chi connectivity index (χ2n) is 9.41. The van der Waals surface area contributed by atoms with Crippen LogP contribution in [-0.2, 0) is 4.79 Å². The van der Waals surface area contributed by atoms with E-state index in [4.69, 9.17) is 0 Å². The first-order chi connectivity index (χ1) is 14.5. The van der Waals surface area contributed by atoms with Gasteiger partial charge in [0.1, 0.15) is 0 Å². The zero-order valence-corrected chi connectivity index (χ0v) is 17.7. The number of hydrogen-bond donors (Lipinski definition) is 0. The molecule has 7 heteroatoms. The second kappa shape index (κ2) is 7.22. The lowest BCUT2D eigenvalue weighted by molar-refractivity contribution is -0.136. The summed E-state index contributed by atoms with van der Waals surface area (Å²) in [5, 5.41) is 0. The van der Waals surface area contributed by atoms with Crippen LogP contribution in [0.5, 0.6) is 0 Å². The van der Waals surface area contributed by atoms with Gasteiger partial charge in [-0.05, 0) is 51.2 Å². The van der Waals surface area contributed by atoms with Gasteiger partial charge in [-0.15, -0.1) is 0 Å². The molecule has 2 aliphatic heterocycles. The van der Waals surface area contributed by atoms with E-state index in [1.807, 2.05) is 16.1 Å². The Morgan fingerprint density at radius 3 is 2.70 bits per heavy atom. The molecule has 7 nitrogen and oxygen atoms in total. The summed E-state index contributed by atoms with van der Waals surface area (Å²) < 4.78 is 2.08. The standard InChI is InChI=1S/C23H29N5O2/c1-16(2)28-13-20(25-15-28)19-12-27(21(29)18-5-8-24-9-6-18)14-23(19)7-10-26(22(23)30)11-17-3-4-17/h5-6,8-9,13,15-17,19H,3-4,7,10-12,14H2,1-2H3. The highest BCUT2D eigenvalue weighted by molar-refractivity contribution is 5.96. The molecule has 0 aromatic carbocycles. The third kappa shape index (κ3) is 3.20. The van der Waals surface area contributed by atoms with Crippen molar-refractivity contribution in [1.82, 2.24) is 24.3 Å². The van der Waals surface area contributed by atoms with Crippen LogP contribution >= 0.6 is 0 Å². The van der Waals surface area contributed by atoms with Crippen LogP contribution in [0.15, 0.2) is 37.1 Å². The molecule has 1 spiro atoms. The number of aromatic nitrogens is 3. The number of carbonyl (C=O) groups is 2. The second-order valence-corrected chi connectivity index (χ2v) is 9.41. The van der Waals surface area contributed by atoms with E-state index in [0.717, 1.165) is 25.2 Å². The normalized spacial score (nSPS) is 26.4. The van der Waals surface area contributed by atoms with Crippen LogP contribution < -0.4 is 0 Å². The van der Waals surface area contributed by atoms with Gasteiger partial charge in [-0.25, -0.2) is 4.98 Å². The summed E-state index contributed by atoms with van der Waals surface area (Å²) in [7, 11) is 0. The summed E-state index contributed by atoms with van der Waals surface area (Å²) in [5.74, 6) is 0.776. The minimum absolute atomic E-state index is 0.0315. The Kier molecular flexibility index (Phi) is 4.64. The van der Waals surface area contributed by atoms with Gasteiger partial charge in [0.15, 0.2) is 0 Å². The minimum atomic E-state index is -0.562. The number of likely N-dealkylation sites (tertiary alicyclic amines) is 2. The monoisotopic (exact) mass is 407 g/mol. The Labute approximate surface area is 177 Å². The van der Waals surface area contributed by atoms with Crippen LogP contribution in [0.1, 0.15) is 61.1 Å². The number of nitrogens with zero attached hydrogens (tertiary/aromatic N) is 5. The molecule has 2 atom stereocenters. The zero-order chi connectivity index (χ0) is 20.9. The topological polar surface area (TPSA) is 71.3 Å².